The molecule has 0 fully saturated rings. The van der Waals surface area contributed by atoms with E-state index >= 15 is 0 Å². The number of aromatic carboxylic acids is 1. The summed E-state index contributed by atoms with van der Waals surface area (Å²) in [6.45, 7) is 3.74. The number of benzene rings is 1. The minimum atomic E-state index is -3.80. The topological polar surface area (TPSA) is 83.5 Å². The normalized spacial score (nSPS) is 13.1. The van der Waals surface area contributed by atoms with E-state index in [4.69, 9.17) is 16.7 Å². The Hall–Kier alpha value is -0.280. The Bertz CT molecular complexity index is 636. The molecular formula is C12H15BrClNO4S2. The summed E-state index contributed by atoms with van der Waals surface area (Å²) in [5.41, 5.74) is -0.262. The van der Waals surface area contributed by atoms with E-state index in [0.29, 0.717) is 5.75 Å². The Morgan fingerprint density at radius 2 is 2.14 bits per heavy atom. The van der Waals surface area contributed by atoms with Crippen LogP contribution in [0.4, 0.5) is 0 Å². The van der Waals surface area contributed by atoms with Crippen molar-refractivity contribution in [3.8, 4) is 0 Å². The molecule has 1 atom stereocenters. The number of hydrogen-bond donors (Lipinski definition) is 2. The number of carbonyl (C=O) groups is 1. The van der Waals surface area contributed by atoms with Crippen LogP contribution < -0.4 is 4.72 Å². The summed E-state index contributed by atoms with van der Waals surface area (Å²) in [6.07, 6.45) is 0. The van der Waals surface area contributed by atoms with Gasteiger partial charge in [-0.1, -0.05) is 18.5 Å². The summed E-state index contributed by atoms with van der Waals surface area (Å²) in [5, 5.41) is 9.02. The average molecular weight is 417 g/mol. The predicted molar refractivity (Wildman–Crippen MR) is 88.9 cm³/mol. The number of halogens is 2. The van der Waals surface area contributed by atoms with Gasteiger partial charge in [0.15, 0.2) is 0 Å². The molecule has 0 heterocycles. The average Bonchev–Trinajstić information content (AvgIpc) is 2.38. The second-order valence-corrected chi connectivity index (χ2v) is 8.52. The van der Waals surface area contributed by atoms with Crippen LogP contribution in [-0.2, 0) is 10.0 Å². The number of carboxylic acids is 1. The molecule has 0 aromatic heterocycles. The molecule has 0 radical (unpaired) electrons. The third kappa shape index (κ3) is 5.14. The molecule has 1 aromatic rings. The highest BCUT2D eigenvalue weighted by Crippen LogP contribution is 2.30. The lowest BCUT2D eigenvalue weighted by Crippen LogP contribution is -2.34. The molecular weight excluding hydrogens is 402 g/mol. The van der Waals surface area contributed by atoms with Crippen LogP contribution in [0.15, 0.2) is 21.5 Å². The highest BCUT2D eigenvalue weighted by atomic mass is 79.9. The molecule has 21 heavy (non-hydrogen) atoms. The maximum Gasteiger partial charge on any atom is 0.337 e. The summed E-state index contributed by atoms with van der Waals surface area (Å²) < 4.78 is 27.3. The second kappa shape index (κ2) is 7.82. The molecule has 0 aliphatic heterocycles. The van der Waals surface area contributed by atoms with Gasteiger partial charge in [-0.05, 0) is 40.7 Å². The summed E-state index contributed by atoms with van der Waals surface area (Å²) in [7, 11) is -3.80. The van der Waals surface area contributed by atoms with Gasteiger partial charge in [-0.15, -0.1) is 0 Å². The highest BCUT2D eigenvalue weighted by molar-refractivity contribution is 9.10. The third-order valence-electron chi connectivity index (χ3n) is 2.47. The monoisotopic (exact) mass is 415 g/mol. The zero-order valence-electron chi connectivity index (χ0n) is 11.4. The molecule has 0 aliphatic carbocycles. The van der Waals surface area contributed by atoms with E-state index in [0.717, 1.165) is 11.8 Å². The van der Waals surface area contributed by atoms with Crippen LogP contribution in [0, 0.1) is 0 Å². The van der Waals surface area contributed by atoms with E-state index in [1.54, 1.807) is 18.7 Å². The summed E-state index contributed by atoms with van der Waals surface area (Å²) in [4.78, 5) is 11.0. The van der Waals surface area contributed by atoms with E-state index in [9.17, 15) is 13.2 Å². The summed E-state index contributed by atoms with van der Waals surface area (Å²) >= 11 is 10.5. The van der Waals surface area contributed by atoms with Crippen molar-refractivity contribution in [2.75, 3.05) is 11.5 Å². The molecule has 0 spiro atoms. The van der Waals surface area contributed by atoms with Gasteiger partial charge in [0, 0.05) is 16.3 Å². The first kappa shape index (κ1) is 18.8. The number of hydrogen-bond acceptors (Lipinski definition) is 4. The Morgan fingerprint density at radius 1 is 1.52 bits per heavy atom. The van der Waals surface area contributed by atoms with Gasteiger partial charge in [0.1, 0.15) is 0 Å². The number of carboxylic acid groups (broad SMARTS) is 1. The van der Waals surface area contributed by atoms with E-state index in [1.165, 1.54) is 6.07 Å². The lowest BCUT2D eigenvalue weighted by Gasteiger charge is -2.14. The third-order valence-corrected chi connectivity index (χ3v) is 6.44. The van der Waals surface area contributed by atoms with Crippen LogP contribution >= 0.6 is 39.3 Å². The molecule has 1 aromatic carbocycles. The fraction of sp³-hybridized carbons (Fsp3) is 0.417. The molecule has 0 bridgehead atoms. The van der Waals surface area contributed by atoms with E-state index in [2.05, 4.69) is 20.7 Å². The van der Waals surface area contributed by atoms with Crippen LogP contribution in [0.1, 0.15) is 24.2 Å². The van der Waals surface area contributed by atoms with Crippen molar-refractivity contribution in [3.05, 3.63) is 27.2 Å². The molecule has 0 amide bonds. The molecule has 9 heteroatoms. The quantitative estimate of drug-likeness (QED) is 0.713. The van der Waals surface area contributed by atoms with Gasteiger partial charge in [0.2, 0.25) is 10.0 Å². The van der Waals surface area contributed by atoms with E-state index in [1.807, 2.05) is 6.92 Å². The first-order valence-corrected chi connectivity index (χ1v) is 9.82. The van der Waals surface area contributed by atoms with Crippen molar-refractivity contribution in [2.45, 2.75) is 24.8 Å². The molecule has 0 aliphatic rings. The predicted octanol–water partition coefficient (Wildman–Crippen LogP) is 3.22. The van der Waals surface area contributed by atoms with Crippen molar-refractivity contribution < 1.29 is 18.3 Å². The second-order valence-electron chi connectivity index (χ2n) is 4.25. The van der Waals surface area contributed by atoms with Crippen molar-refractivity contribution >= 4 is 55.3 Å². The van der Waals surface area contributed by atoms with Crippen molar-refractivity contribution in [3.63, 3.8) is 0 Å². The smallest absolute Gasteiger partial charge is 0.337 e. The molecule has 118 valence electrons. The first-order valence-electron chi connectivity index (χ1n) is 6.01. The van der Waals surface area contributed by atoms with Crippen LogP contribution in [0.3, 0.4) is 0 Å². The fourth-order valence-electron chi connectivity index (χ4n) is 1.54. The maximum absolute atomic E-state index is 12.3. The van der Waals surface area contributed by atoms with Gasteiger partial charge in [-0.25, -0.2) is 17.9 Å². The SMILES string of the molecule is CCSCC(C)NS(=O)(=O)c1cc(Br)c(Cl)c(C(=O)O)c1. The summed E-state index contributed by atoms with van der Waals surface area (Å²) in [5.74, 6) is 0.241. The Balaban J connectivity index is 3.12. The zero-order valence-corrected chi connectivity index (χ0v) is 15.4. The van der Waals surface area contributed by atoms with Crippen LogP contribution in [-0.4, -0.2) is 37.0 Å². The molecule has 0 saturated heterocycles. The highest BCUT2D eigenvalue weighted by Gasteiger charge is 2.22. The van der Waals surface area contributed by atoms with Crippen molar-refractivity contribution in [1.29, 1.82) is 0 Å². The minimum Gasteiger partial charge on any atom is -0.478 e. The zero-order chi connectivity index (χ0) is 16.2. The first-order chi connectivity index (χ1) is 9.69. The number of nitrogens with one attached hydrogen (secondary N) is 1. The molecule has 5 nitrogen and oxygen atoms in total. The van der Waals surface area contributed by atoms with E-state index < -0.39 is 16.0 Å². The standard InChI is InChI=1S/C12H15BrClNO4S2/c1-3-20-6-7(2)15-21(18,19)8-4-9(12(16)17)11(14)10(13)5-8/h4-5,7,15H,3,6H2,1-2H3,(H,16,17). The Kier molecular flexibility index (Phi) is 6.99. The molecule has 2 N–H and O–H groups in total. The number of thioether (sulfide) groups is 1. The van der Waals surface area contributed by atoms with Crippen LogP contribution in [0.2, 0.25) is 5.02 Å². The van der Waals surface area contributed by atoms with Gasteiger partial charge in [-0.2, -0.15) is 11.8 Å². The maximum atomic E-state index is 12.3. The number of sulfonamides is 1. The Labute approximate surface area is 141 Å². The van der Waals surface area contributed by atoms with E-state index in [-0.39, 0.29) is 26.0 Å². The molecule has 1 rings (SSSR count). The summed E-state index contributed by atoms with van der Waals surface area (Å²) in [6, 6.07) is 2.08. The van der Waals surface area contributed by atoms with Gasteiger partial charge in [-0.3, -0.25) is 0 Å². The van der Waals surface area contributed by atoms with Gasteiger partial charge >= 0.3 is 5.97 Å². The van der Waals surface area contributed by atoms with Gasteiger partial charge in [0.25, 0.3) is 0 Å². The lowest BCUT2D eigenvalue weighted by molar-refractivity contribution is 0.0696. The van der Waals surface area contributed by atoms with Crippen LogP contribution in [0.25, 0.3) is 0 Å². The fourth-order valence-corrected chi connectivity index (χ4v) is 4.41. The molecule has 1 unspecified atom stereocenters. The van der Waals surface area contributed by atoms with Gasteiger partial charge in [0.05, 0.1) is 15.5 Å². The molecule has 0 saturated carbocycles. The van der Waals surface area contributed by atoms with Gasteiger partial charge < -0.3 is 5.11 Å². The largest absolute Gasteiger partial charge is 0.478 e. The van der Waals surface area contributed by atoms with Crippen molar-refractivity contribution in [1.82, 2.24) is 4.72 Å². The van der Waals surface area contributed by atoms with Crippen LogP contribution in [0.5, 0.6) is 0 Å². The minimum absolute atomic E-state index is 0.0314. The number of rotatable bonds is 7. The lowest BCUT2D eigenvalue weighted by atomic mass is 10.2. The Morgan fingerprint density at radius 3 is 2.67 bits per heavy atom. The van der Waals surface area contributed by atoms with Crippen molar-refractivity contribution in [2.24, 2.45) is 0 Å².